The summed E-state index contributed by atoms with van der Waals surface area (Å²) in [6, 6.07) is 10.4. The van der Waals surface area contributed by atoms with Crippen LogP contribution in [0.3, 0.4) is 0 Å². The van der Waals surface area contributed by atoms with Gasteiger partial charge in [-0.1, -0.05) is 24.3 Å². The van der Waals surface area contributed by atoms with Crippen molar-refractivity contribution in [2.24, 2.45) is 5.73 Å². The van der Waals surface area contributed by atoms with Gasteiger partial charge >= 0.3 is 0 Å². The zero-order valence-corrected chi connectivity index (χ0v) is 10.2. The molecule has 0 amide bonds. The predicted octanol–water partition coefficient (Wildman–Crippen LogP) is 2.32. The SMILES string of the molecule is NC[C@H]1OCCc2cccc(-c3cccnc3)c21. The molecule has 0 bridgehead atoms. The first-order valence-electron chi connectivity index (χ1n) is 6.24. The number of hydrogen-bond donors (Lipinski definition) is 1. The van der Waals surface area contributed by atoms with Gasteiger partial charge in [-0.2, -0.15) is 0 Å². The number of rotatable bonds is 2. The van der Waals surface area contributed by atoms with E-state index in [9.17, 15) is 0 Å². The van der Waals surface area contributed by atoms with Gasteiger partial charge in [0.15, 0.2) is 0 Å². The maximum absolute atomic E-state index is 5.82. The first-order chi connectivity index (χ1) is 8.90. The van der Waals surface area contributed by atoms with Gasteiger partial charge in [-0.3, -0.25) is 4.98 Å². The van der Waals surface area contributed by atoms with Crippen molar-refractivity contribution in [3.05, 3.63) is 53.9 Å². The third-order valence-corrected chi connectivity index (χ3v) is 3.40. The lowest BCUT2D eigenvalue weighted by atomic mass is 9.90. The van der Waals surface area contributed by atoms with Crippen molar-refractivity contribution >= 4 is 0 Å². The highest BCUT2D eigenvalue weighted by atomic mass is 16.5. The summed E-state index contributed by atoms with van der Waals surface area (Å²) in [5.41, 5.74) is 10.7. The maximum Gasteiger partial charge on any atom is 0.0955 e. The molecule has 1 aliphatic rings. The second kappa shape index (κ2) is 4.88. The van der Waals surface area contributed by atoms with Gasteiger partial charge in [0.05, 0.1) is 12.7 Å². The van der Waals surface area contributed by atoms with E-state index in [1.54, 1.807) is 6.20 Å². The highest BCUT2D eigenvalue weighted by Crippen LogP contribution is 2.35. The van der Waals surface area contributed by atoms with Crippen LogP contribution in [0.25, 0.3) is 11.1 Å². The topological polar surface area (TPSA) is 48.1 Å². The molecule has 0 saturated carbocycles. The first kappa shape index (κ1) is 11.4. The van der Waals surface area contributed by atoms with E-state index in [-0.39, 0.29) is 6.10 Å². The molecule has 18 heavy (non-hydrogen) atoms. The Balaban J connectivity index is 2.16. The lowest BCUT2D eigenvalue weighted by molar-refractivity contribution is 0.0489. The zero-order chi connectivity index (χ0) is 12.4. The predicted molar refractivity (Wildman–Crippen MR) is 71.1 cm³/mol. The Hall–Kier alpha value is -1.71. The summed E-state index contributed by atoms with van der Waals surface area (Å²) >= 11 is 0. The highest BCUT2D eigenvalue weighted by Gasteiger charge is 2.23. The summed E-state index contributed by atoms with van der Waals surface area (Å²) in [7, 11) is 0. The summed E-state index contributed by atoms with van der Waals surface area (Å²) in [6.07, 6.45) is 4.64. The summed E-state index contributed by atoms with van der Waals surface area (Å²) in [4.78, 5) is 4.19. The average Bonchev–Trinajstić information content (AvgIpc) is 2.47. The molecular weight excluding hydrogens is 224 g/mol. The van der Waals surface area contributed by atoms with E-state index in [0.29, 0.717) is 6.54 Å². The molecule has 1 aliphatic heterocycles. The molecule has 3 nitrogen and oxygen atoms in total. The van der Waals surface area contributed by atoms with Crippen molar-refractivity contribution in [3.8, 4) is 11.1 Å². The molecular formula is C15H16N2O. The quantitative estimate of drug-likeness (QED) is 0.876. The highest BCUT2D eigenvalue weighted by molar-refractivity contribution is 5.69. The van der Waals surface area contributed by atoms with Crippen LogP contribution in [0, 0.1) is 0 Å². The van der Waals surface area contributed by atoms with Crippen LogP contribution >= 0.6 is 0 Å². The Kier molecular flexibility index (Phi) is 3.09. The Morgan fingerprint density at radius 3 is 3.00 bits per heavy atom. The molecule has 2 aromatic rings. The van der Waals surface area contributed by atoms with E-state index in [2.05, 4.69) is 29.2 Å². The van der Waals surface area contributed by atoms with Crippen LogP contribution in [0.2, 0.25) is 0 Å². The van der Waals surface area contributed by atoms with Crippen LogP contribution in [0.1, 0.15) is 17.2 Å². The molecule has 0 aliphatic carbocycles. The second-order valence-corrected chi connectivity index (χ2v) is 4.47. The summed E-state index contributed by atoms with van der Waals surface area (Å²) in [5.74, 6) is 0. The van der Waals surface area contributed by atoms with E-state index in [4.69, 9.17) is 10.5 Å². The van der Waals surface area contributed by atoms with Gasteiger partial charge in [0.1, 0.15) is 0 Å². The van der Waals surface area contributed by atoms with Crippen LogP contribution in [-0.4, -0.2) is 18.1 Å². The van der Waals surface area contributed by atoms with Gasteiger partial charge in [-0.25, -0.2) is 0 Å². The fourth-order valence-electron chi connectivity index (χ4n) is 2.57. The van der Waals surface area contributed by atoms with E-state index < -0.39 is 0 Å². The van der Waals surface area contributed by atoms with Crippen LogP contribution in [0.5, 0.6) is 0 Å². The third kappa shape index (κ3) is 1.92. The Morgan fingerprint density at radius 1 is 1.28 bits per heavy atom. The van der Waals surface area contributed by atoms with Crippen LogP contribution in [0.4, 0.5) is 0 Å². The lowest BCUT2D eigenvalue weighted by Crippen LogP contribution is -2.23. The van der Waals surface area contributed by atoms with Crippen molar-refractivity contribution in [1.82, 2.24) is 4.98 Å². The lowest BCUT2D eigenvalue weighted by Gasteiger charge is -2.27. The van der Waals surface area contributed by atoms with E-state index in [0.717, 1.165) is 18.6 Å². The first-order valence-corrected chi connectivity index (χ1v) is 6.24. The summed E-state index contributed by atoms with van der Waals surface area (Å²) in [5, 5.41) is 0. The molecule has 0 radical (unpaired) electrons. The van der Waals surface area contributed by atoms with Gasteiger partial charge in [-0.15, -0.1) is 0 Å². The molecule has 0 fully saturated rings. The van der Waals surface area contributed by atoms with Gasteiger partial charge in [0, 0.05) is 24.5 Å². The molecule has 0 saturated heterocycles. The largest absolute Gasteiger partial charge is 0.372 e. The standard InChI is InChI=1S/C15H16N2O/c16-9-14-15-11(6-8-18-14)3-1-5-13(15)12-4-2-7-17-10-12/h1-5,7,10,14H,6,8-9,16H2/t14-/m1/s1. The molecule has 0 spiro atoms. The van der Waals surface area contributed by atoms with Crippen molar-refractivity contribution in [1.29, 1.82) is 0 Å². The number of fused-ring (bicyclic) bond motifs is 1. The second-order valence-electron chi connectivity index (χ2n) is 4.47. The summed E-state index contributed by atoms with van der Waals surface area (Å²) < 4.78 is 5.77. The van der Waals surface area contributed by atoms with E-state index in [1.807, 2.05) is 12.3 Å². The van der Waals surface area contributed by atoms with Gasteiger partial charge in [0.25, 0.3) is 0 Å². The molecule has 92 valence electrons. The third-order valence-electron chi connectivity index (χ3n) is 3.40. The Morgan fingerprint density at radius 2 is 2.22 bits per heavy atom. The average molecular weight is 240 g/mol. The van der Waals surface area contributed by atoms with Gasteiger partial charge in [0.2, 0.25) is 0 Å². The normalized spacial score (nSPS) is 18.4. The molecule has 3 heteroatoms. The minimum Gasteiger partial charge on any atom is -0.372 e. The summed E-state index contributed by atoms with van der Waals surface area (Å²) in [6.45, 7) is 1.27. The number of nitrogens with two attached hydrogens (primary N) is 1. The number of aromatic nitrogens is 1. The number of nitrogens with zero attached hydrogens (tertiary/aromatic N) is 1. The Labute approximate surface area is 107 Å². The van der Waals surface area contributed by atoms with Gasteiger partial charge in [-0.05, 0) is 29.2 Å². The van der Waals surface area contributed by atoms with Crippen LogP contribution in [0.15, 0.2) is 42.7 Å². The molecule has 2 heterocycles. The van der Waals surface area contributed by atoms with Crippen LogP contribution in [-0.2, 0) is 11.2 Å². The van der Waals surface area contributed by atoms with Crippen LogP contribution < -0.4 is 5.73 Å². The molecule has 1 atom stereocenters. The van der Waals surface area contributed by atoms with E-state index in [1.165, 1.54) is 16.7 Å². The molecule has 0 unspecified atom stereocenters. The fraction of sp³-hybridized carbons (Fsp3) is 0.267. The minimum atomic E-state index is 0.00477. The van der Waals surface area contributed by atoms with Crippen molar-refractivity contribution in [2.45, 2.75) is 12.5 Å². The maximum atomic E-state index is 5.82. The molecule has 1 aromatic carbocycles. The van der Waals surface area contributed by atoms with Gasteiger partial charge < -0.3 is 10.5 Å². The van der Waals surface area contributed by atoms with Crippen molar-refractivity contribution in [3.63, 3.8) is 0 Å². The Bertz CT molecular complexity index is 539. The number of benzene rings is 1. The van der Waals surface area contributed by atoms with Crippen molar-refractivity contribution < 1.29 is 4.74 Å². The molecule has 1 aromatic heterocycles. The molecule has 2 N–H and O–H groups in total. The monoisotopic (exact) mass is 240 g/mol. The van der Waals surface area contributed by atoms with Crippen molar-refractivity contribution in [2.75, 3.05) is 13.2 Å². The minimum absolute atomic E-state index is 0.00477. The number of hydrogen-bond acceptors (Lipinski definition) is 3. The zero-order valence-electron chi connectivity index (χ0n) is 10.2. The number of ether oxygens (including phenoxy) is 1. The fourth-order valence-corrected chi connectivity index (χ4v) is 2.57. The molecule has 3 rings (SSSR count). The number of pyridine rings is 1. The van der Waals surface area contributed by atoms with E-state index >= 15 is 0 Å². The smallest absolute Gasteiger partial charge is 0.0955 e.